The predicted molar refractivity (Wildman–Crippen MR) is 57.6 cm³/mol. The lowest BCUT2D eigenvalue weighted by atomic mass is 9.79. The van der Waals surface area contributed by atoms with Crippen LogP contribution in [0.15, 0.2) is 0 Å². The molecule has 0 aliphatic heterocycles. The van der Waals surface area contributed by atoms with Crippen LogP contribution in [0.2, 0.25) is 0 Å². The second kappa shape index (κ2) is 3.29. The van der Waals surface area contributed by atoms with Gasteiger partial charge in [0.1, 0.15) is 0 Å². The molecule has 3 atom stereocenters. The number of rotatable bonds is 0. The maximum absolute atomic E-state index is 2.48. The van der Waals surface area contributed by atoms with E-state index in [0.29, 0.717) is 5.41 Å². The van der Waals surface area contributed by atoms with Gasteiger partial charge in [-0.3, -0.25) is 0 Å². The van der Waals surface area contributed by atoms with Crippen molar-refractivity contribution in [1.29, 1.82) is 0 Å². The summed E-state index contributed by atoms with van der Waals surface area (Å²) in [6.45, 7) is 7.42. The van der Waals surface area contributed by atoms with Crippen molar-refractivity contribution in [3.05, 3.63) is 0 Å². The summed E-state index contributed by atoms with van der Waals surface area (Å²) in [5.41, 5.74) is 0.642. The second-order valence-corrected chi connectivity index (χ2v) is 6.24. The summed E-state index contributed by atoms with van der Waals surface area (Å²) >= 11 is 0. The van der Waals surface area contributed by atoms with Gasteiger partial charge in [0.15, 0.2) is 0 Å². The minimum atomic E-state index is 0.642. The molecule has 2 saturated carbocycles. The van der Waals surface area contributed by atoms with E-state index in [9.17, 15) is 0 Å². The molecule has 3 unspecified atom stereocenters. The second-order valence-electron chi connectivity index (χ2n) is 6.24. The highest BCUT2D eigenvalue weighted by Crippen LogP contribution is 2.49. The van der Waals surface area contributed by atoms with Crippen LogP contribution in [0.3, 0.4) is 0 Å². The molecule has 2 fully saturated rings. The molecule has 0 spiro atoms. The molecule has 2 rings (SSSR count). The molecule has 0 aromatic carbocycles. The van der Waals surface area contributed by atoms with Crippen LogP contribution < -0.4 is 0 Å². The van der Waals surface area contributed by atoms with Crippen molar-refractivity contribution in [3.8, 4) is 0 Å². The number of fused-ring (bicyclic) bond motifs is 1. The van der Waals surface area contributed by atoms with Crippen molar-refractivity contribution in [3.63, 3.8) is 0 Å². The van der Waals surface area contributed by atoms with Gasteiger partial charge in [0.05, 0.1) is 0 Å². The lowest BCUT2D eigenvalue weighted by Crippen LogP contribution is -2.17. The average molecular weight is 180 g/mol. The largest absolute Gasteiger partial charge is 0.0622 e. The van der Waals surface area contributed by atoms with E-state index in [0.717, 1.165) is 17.8 Å². The Morgan fingerprint density at radius 2 is 1.85 bits per heavy atom. The third-order valence-electron chi connectivity index (χ3n) is 4.53. The van der Waals surface area contributed by atoms with Crippen LogP contribution in [0, 0.1) is 23.2 Å². The summed E-state index contributed by atoms with van der Waals surface area (Å²) in [5.74, 6) is 3.19. The van der Waals surface area contributed by atoms with E-state index >= 15 is 0 Å². The Morgan fingerprint density at radius 1 is 1.08 bits per heavy atom. The van der Waals surface area contributed by atoms with E-state index in [-0.39, 0.29) is 0 Å². The highest BCUT2D eigenvalue weighted by molar-refractivity contribution is 4.89. The highest BCUT2D eigenvalue weighted by Gasteiger charge is 2.38. The lowest BCUT2D eigenvalue weighted by Gasteiger charge is -2.26. The van der Waals surface area contributed by atoms with Crippen LogP contribution in [0.1, 0.15) is 59.3 Å². The van der Waals surface area contributed by atoms with Gasteiger partial charge in [-0.1, -0.05) is 33.6 Å². The van der Waals surface area contributed by atoms with Gasteiger partial charge in [0.25, 0.3) is 0 Å². The average Bonchev–Trinajstić information content (AvgIpc) is 2.31. The summed E-state index contributed by atoms with van der Waals surface area (Å²) in [5, 5.41) is 0. The fourth-order valence-electron chi connectivity index (χ4n) is 3.77. The van der Waals surface area contributed by atoms with E-state index in [1.54, 1.807) is 0 Å². The first-order valence-electron chi connectivity index (χ1n) is 6.08. The maximum Gasteiger partial charge on any atom is -0.0351 e. The predicted octanol–water partition coefficient (Wildman–Crippen LogP) is 4.25. The molecule has 2 aliphatic rings. The Labute approximate surface area is 83.1 Å². The van der Waals surface area contributed by atoms with Gasteiger partial charge in [-0.2, -0.15) is 0 Å². The highest BCUT2D eigenvalue weighted by atomic mass is 14.4. The van der Waals surface area contributed by atoms with Crippen molar-refractivity contribution >= 4 is 0 Å². The first kappa shape index (κ1) is 9.55. The standard InChI is InChI=1S/C13H24/c1-10-6-7-11-9-13(2,3)8-4-5-12(10)11/h10-12H,4-9H2,1-3H3. The van der Waals surface area contributed by atoms with Crippen molar-refractivity contribution in [1.82, 2.24) is 0 Å². The molecule has 0 amide bonds. The summed E-state index contributed by atoms with van der Waals surface area (Å²) in [7, 11) is 0. The quantitative estimate of drug-likeness (QED) is 0.523. The van der Waals surface area contributed by atoms with Gasteiger partial charge in [-0.05, 0) is 48.9 Å². The Hall–Kier alpha value is 0. The molecule has 0 saturated heterocycles. The Bertz CT molecular complexity index is 180. The first-order valence-corrected chi connectivity index (χ1v) is 6.08. The topological polar surface area (TPSA) is 0 Å². The molecule has 2 aliphatic carbocycles. The molecular weight excluding hydrogens is 156 g/mol. The van der Waals surface area contributed by atoms with Crippen LogP contribution in [0.25, 0.3) is 0 Å². The summed E-state index contributed by atoms with van der Waals surface area (Å²) in [4.78, 5) is 0. The van der Waals surface area contributed by atoms with E-state index in [1.807, 2.05) is 0 Å². The van der Waals surface area contributed by atoms with E-state index in [1.165, 1.54) is 38.5 Å². The Morgan fingerprint density at radius 3 is 2.62 bits per heavy atom. The van der Waals surface area contributed by atoms with E-state index in [4.69, 9.17) is 0 Å². The minimum absolute atomic E-state index is 0.642. The molecule has 0 heteroatoms. The van der Waals surface area contributed by atoms with Crippen LogP contribution in [0.5, 0.6) is 0 Å². The van der Waals surface area contributed by atoms with Gasteiger partial charge in [0, 0.05) is 0 Å². The smallest absolute Gasteiger partial charge is 0.0351 e. The summed E-state index contributed by atoms with van der Waals surface area (Å²) in [6.07, 6.45) is 9.00. The zero-order chi connectivity index (χ0) is 9.47. The van der Waals surface area contributed by atoms with Crippen molar-refractivity contribution in [2.24, 2.45) is 23.2 Å². The Kier molecular flexibility index (Phi) is 2.42. The molecule has 76 valence electrons. The van der Waals surface area contributed by atoms with Crippen LogP contribution >= 0.6 is 0 Å². The summed E-state index contributed by atoms with van der Waals surface area (Å²) in [6, 6.07) is 0. The number of hydrogen-bond donors (Lipinski definition) is 0. The SMILES string of the molecule is CC1CCC2CC(C)(C)CCCC12. The lowest BCUT2D eigenvalue weighted by molar-refractivity contribution is 0.240. The van der Waals surface area contributed by atoms with Gasteiger partial charge >= 0.3 is 0 Å². The third kappa shape index (κ3) is 1.92. The molecule has 0 aromatic heterocycles. The van der Waals surface area contributed by atoms with E-state index in [2.05, 4.69) is 20.8 Å². The van der Waals surface area contributed by atoms with Crippen molar-refractivity contribution in [2.45, 2.75) is 59.3 Å². The maximum atomic E-state index is 2.48. The van der Waals surface area contributed by atoms with Gasteiger partial charge < -0.3 is 0 Å². The van der Waals surface area contributed by atoms with Crippen LogP contribution in [0.4, 0.5) is 0 Å². The van der Waals surface area contributed by atoms with Crippen LogP contribution in [-0.2, 0) is 0 Å². The molecule has 13 heavy (non-hydrogen) atoms. The zero-order valence-electron chi connectivity index (χ0n) is 9.47. The number of hydrogen-bond acceptors (Lipinski definition) is 0. The van der Waals surface area contributed by atoms with Crippen LogP contribution in [-0.4, -0.2) is 0 Å². The zero-order valence-corrected chi connectivity index (χ0v) is 9.47. The molecule has 0 radical (unpaired) electrons. The van der Waals surface area contributed by atoms with Gasteiger partial charge in [-0.15, -0.1) is 0 Å². The Balaban J connectivity index is 2.07. The third-order valence-corrected chi connectivity index (χ3v) is 4.53. The fraction of sp³-hybridized carbons (Fsp3) is 1.00. The molecular formula is C13H24. The first-order chi connectivity index (χ1) is 6.08. The minimum Gasteiger partial charge on any atom is -0.0622 e. The molecule has 0 heterocycles. The molecule has 0 bridgehead atoms. The fourth-order valence-corrected chi connectivity index (χ4v) is 3.77. The monoisotopic (exact) mass is 180 g/mol. The summed E-state index contributed by atoms with van der Waals surface area (Å²) < 4.78 is 0. The molecule has 0 aromatic rings. The van der Waals surface area contributed by atoms with Gasteiger partial charge in [-0.25, -0.2) is 0 Å². The van der Waals surface area contributed by atoms with Crippen molar-refractivity contribution < 1.29 is 0 Å². The molecule has 0 nitrogen and oxygen atoms in total. The normalized spacial score (nSPS) is 44.1. The van der Waals surface area contributed by atoms with Crippen molar-refractivity contribution in [2.75, 3.05) is 0 Å². The van der Waals surface area contributed by atoms with E-state index < -0.39 is 0 Å². The molecule has 0 N–H and O–H groups in total. The van der Waals surface area contributed by atoms with Gasteiger partial charge in [0.2, 0.25) is 0 Å².